The van der Waals surface area contributed by atoms with Crippen LogP contribution in [0.1, 0.15) is 16.7 Å². The van der Waals surface area contributed by atoms with Gasteiger partial charge in [-0.2, -0.15) is 18.2 Å². The van der Waals surface area contributed by atoms with E-state index >= 15 is 0 Å². The fourth-order valence-corrected chi connectivity index (χ4v) is 4.67. The van der Waals surface area contributed by atoms with Gasteiger partial charge in [0.15, 0.2) is 0 Å². The Morgan fingerprint density at radius 1 is 1.07 bits per heavy atom. The number of hydrogen-bond donors (Lipinski definition) is 2. The van der Waals surface area contributed by atoms with Gasteiger partial charge in [-0.25, -0.2) is 13.8 Å². The van der Waals surface area contributed by atoms with E-state index in [1.807, 2.05) is 4.90 Å². The van der Waals surface area contributed by atoms with Crippen molar-refractivity contribution in [2.45, 2.75) is 19.1 Å². The van der Waals surface area contributed by atoms with E-state index in [4.69, 9.17) is 6.42 Å². The fourth-order valence-electron chi connectivity index (χ4n) is 4.67. The molecule has 4 aromatic rings. The number of anilines is 3. The molecule has 0 bridgehead atoms. The number of piperazine rings is 1. The maximum absolute atomic E-state index is 14.9. The molecule has 40 heavy (non-hydrogen) atoms. The molecule has 0 radical (unpaired) electrons. The molecule has 0 unspecified atom stereocenters. The zero-order chi connectivity index (χ0) is 28.4. The second-order valence-electron chi connectivity index (χ2n) is 9.26. The highest BCUT2D eigenvalue weighted by Gasteiger charge is 2.30. The Bertz CT molecular complexity index is 1670. The lowest BCUT2D eigenvalue weighted by molar-refractivity contribution is -0.127. The Labute approximate surface area is 225 Å². The van der Waals surface area contributed by atoms with E-state index in [9.17, 15) is 26.7 Å². The topological polar surface area (TPSA) is 75.1 Å². The van der Waals surface area contributed by atoms with Gasteiger partial charge in [0.1, 0.15) is 17.3 Å². The Morgan fingerprint density at radius 3 is 2.55 bits per heavy atom. The Morgan fingerprint density at radius 2 is 1.85 bits per heavy atom. The summed E-state index contributed by atoms with van der Waals surface area (Å²) in [6.07, 6.45) is 0.875. The van der Waals surface area contributed by atoms with Crippen LogP contribution in [0.4, 0.5) is 39.3 Å². The maximum atomic E-state index is 14.9. The fraction of sp³-hybridized carbons (Fsp3) is 0.250. The smallest absolute Gasteiger partial charge is 0.367 e. The van der Waals surface area contributed by atoms with E-state index < -0.39 is 36.3 Å². The first-order valence-electron chi connectivity index (χ1n) is 12.4. The van der Waals surface area contributed by atoms with Gasteiger partial charge in [0.2, 0.25) is 5.95 Å². The molecule has 206 valence electrons. The molecule has 1 aliphatic heterocycles. The number of fused-ring (bicyclic) bond motifs is 1. The van der Waals surface area contributed by atoms with Gasteiger partial charge in [-0.3, -0.25) is 9.36 Å². The van der Waals surface area contributed by atoms with Crippen LogP contribution in [0.25, 0.3) is 11.0 Å². The molecule has 1 aliphatic rings. The molecule has 2 aromatic heterocycles. The number of rotatable bonds is 6. The van der Waals surface area contributed by atoms with Crippen molar-refractivity contribution in [3.8, 4) is 12.3 Å². The highest BCUT2D eigenvalue weighted by atomic mass is 19.4. The lowest BCUT2D eigenvalue weighted by Gasteiger charge is -2.29. The van der Waals surface area contributed by atoms with Crippen LogP contribution in [0.15, 0.2) is 53.5 Å². The van der Waals surface area contributed by atoms with Crippen molar-refractivity contribution in [2.75, 3.05) is 36.4 Å². The molecule has 0 atom stereocenters. The van der Waals surface area contributed by atoms with Crippen molar-refractivity contribution >= 4 is 28.4 Å². The van der Waals surface area contributed by atoms with E-state index in [-0.39, 0.29) is 28.3 Å². The summed E-state index contributed by atoms with van der Waals surface area (Å²) >= 11 is 0. The predicted octanol–water partition coefficient (Wildman–Crippen LogP) is 4.36. The zero-order valence-electron chi connectivity index (χ0n) is 21.0. The average Bonchev–Trinajstić information content (AvgIpc) is 2.91. The van der Waals surface area contributed by atoms with Crippen LogP contribution in [0, 0.1) is 24.0 Å². The molecule has 0 amide bonds. The number of aromatic nitrogens is 3. The van der Waals surface area contributed by atoms with Crippen LogP contribution in [-0.2, 0) is 13.0 Å². The van der Waals surface area contributed by atoms with Crippen LogP contribution in [0.5, 0.6) is 0 Å². The van der Waals surface area contributed by atoms with Crippen LogP contribution in [-0.4, -0.2) is 46.9 Å². The van der Waals surface area contributed by atoms with E-state index in [2.05, 4.69) is 26.5 Å². The highest BCUT2D eigenvalue weighted by molar-refractivity contribution is 5.77. The number of nitrogens with zero attached hydrogens (tertiary/aromatic N) is 4. The van der Waals surface area contributed by atoms with Crippen LogP contribution >= 0.6 is 0 Å². The van der Waals surface area contributed by atoms with Gasteiger partial charge in [-0.15, -0.1) is 6.42 Å². The van der Waals surface area contributed by atoms with E-state index in [1.54, 1.807) is 12.1 Å². The molecule has 0 aliphatic carbocycles. The van der Waals surface area contributed by atoms with Gasteiger partial charge in [-0.05, 0) is 35.9 Å². The largest absolute Gasteiger partial charge is 0.393 e. The Kier molecular flexibility index (Phi) is 7.40. The molecule has 0 saturated carbocycles. The van der Waals surface area contributed by atoms with Gasteiger partial charge in [0.05, 0.1) is 24.2 Å². The molecular weight excluding hydrogens is 531 g/mol. The summed E-state index contributed by atoms with van der Waals surface area (Å²) in [4.78, 5) is 23.7. The van der Waals surface area contributed by atoms with E-state index in [0.29, 0.717) is 29.9 Å². The molecule has 1 saturated heterocycles. The van der Waals surface area contributed by atoms with Gasteiger partial charge >= 0.3 is 6.18 Å². The first-order chi connectivity index (χ1) is 19.1. The second kappa shape index (κ2) is 10.9. The number of halogens is 5. The van der Waals surface area contributed by atoms with Crippen molar-refractivity contribution in [2.24, 2.45) is 0 Å². The molecule has 7 nitrogen and oxygen atoms in total. The predicted molar refractivity (Wildman–Crippen MR) is 142 cm³/mol. The van der Waals surface area contributed by atoms with Crippen LogP contribution in [0.2, 0.25) is 0 Å². The molecule has 12 heteroatoms. The van der Waals surface area contributed by atoms with Crippen molar-refractivity contribution < 1.29 is 22.0 Å². The lowest BCUT2D eigenvalue weighted by Crippen LogP contribution is -2.43. The van der Waals surface area contributed by atoms with Crippen molar-refractivity contribution in [3.05, 3.63) is 87.3 Å². The third kappa shape index (κ3) is 5.74. The highest BCUT2D eigenvalue weighted by Crippen LogP contribution is 2.27. The molecule has 2 aromatic carbocycles. The van der Waals surface area contributed by atoms with E-state index in [1.165, 1.54) is 24.4 Å². The van der Waals surface area contributed by atoms with Crippen LogP contribution < -0.4 is 21.1 Å². The molecule has 0 spiro atoms. The van der Waals surface area contributed by atoms with Crippen molar-refractivity contribution in [3.63, 3.8) is 0 Å². The normalized spacial score (nSPS) is 13.8. The number of hydrogen-bond acceptors (Lipinski definition) is 6. The minimum absolute atomic E-state index is 0.00696. The summed E-state index contributed by atoms with van der Waals surface area (Å²) in [5, 5.41) is 6.41. The number of terminal acetylenes is 1. The third-order valence-corrected chi connectivity index (χ3v) is 6.57. The van der Waals surface area contributed by atoms with Gasteiger partial charge in [-0.1, -0.05) is 18.1 Å². The molecule has 2 N–H and O–H groups in total. The monoisotopic (exact) mass is 554 g/mol. The summed E-state index contributed by atoms with van der Waals surface area (Å²) in [5.74, 6) is 0.892. The van der Waals surface area contributed by atoms with Crippen LogP contribution in [0.3, 0.4) is 0 Å². The lowest BCUT2D eigenvalue weighted by atomic mass is 10.0. The van der Waals surface area contributed by atoms with E-state index in [0.717, 1.165) is 29.8 Å². The Hall–Kier alpha value is -4.50. The zero-order valence-corrected chi connectivity index (χ0v) is 21.0. The quantitative estimate of drug-likeness (QED) is 0.273. The second-order valence-corrected chi connectivity index (χ2v) is 9.26. The number of pyridine rings is 1. The minimum Gasteiger partial charge on any atom is -0.367 e. The summed E-state index contributed by atoms with van der Waals surface area (Å²) in [6.45, 7) is 2.28. The first kappa shape index (κ1) is 27.1. The van der Waals surface area contributed by atoms with Gasteiger partial charge in [0.25, 0.3) is 5.56 Å². The summed E-state index contributed by atoms with van der Waals surface area (Å²) in [5.41, 5.74) is -0.626. The molecule has 1 fully saturated rings. The third-order valence-electron chi connectivity index (χ3n) is 6.57. The number of nitrogens with one attached hydrogen (secondary N) is 2. The first-order valence-corrected chi connectivity index (χ1v) is 12.4. The number of alkyl halides is 3. The Balaban J connectivity index is 1.53. The van der Waals surface area contributed by atoms with Crippen molar-refractivity contribution in [1.82, 2.24) is 19.9 Å². The SMILES string of the molecule is C#Cc1cc2cnc(Nc3ccc(N4CCNCC4)c(F)c3)nc2n(Cc2c(F)cccc2CC(F)(F)F)c1=O. The van der Waals surface area contributed by atoms with Crippen molar-refractivity contribution in [1.29, 1.82) is 0 Å². The number of benzene rings is 2. The van der Waals surface area contributed by atoms with Gasteiger partial charge < -0.3 is 15.5 Å². The molecule has 3 heterocycles. The summed E-state index contributed by atoms with van der Waals surface area (Å²) < 4.78 is 70.3. The maximum Gasteiger partial charge on any atom is 0.393 e. The summed E-state index contributed by atoms with van der Waals surface area (Å²) in [7, 11) is 0. The molecular formula is C28H23F5N6O. The van der Waals surface area contributed by atoms with Gasteiger partial charge in [0, 0.05) is 49.0 Å². The molecule has 5 rings (SSSR count). The minimum atomic E-state index is -4.59. The average molecular weight is 555 g/mol. The standard InChI is InChI=1S/C28H23F5N6O/c1-2-17-12-19-15-35-27(36-20-6-7-24(23(30)13-20)38-10-8-34-9-11-38)37-25(19)39(26(17)40)16-21-18(14-28(31,32)33)4-3-5-22(21)29/h1,3-7,12-13,15,34H,8-11,14,16H2,(H,35,36,37). The summed E-state index contributed by atoms with van der Waals surface area (Å²) in [6, 6.07) is 9.32.